The number of carbonyl (C=O) groups excluding carboxylic acids is 2. The zero-order valence-electron chi connectivity index (χ0n) is 19.1. The van der Waals surface area contributed by atoms with Gasteiger partial charge in [0.1, 0.15) is 11.6 Å². The molecule has 1 fully saturated rings. The number of H-pyrrole nitrogens is 1. The highest BCUT2D eigenvalue weighted by Crippen LogP contribution is 2.40. The van der Waals surface area contributed by atoms with Gasteiger partial charge in [0, 0.05) is 23.0 Å². The third kappa shape index (κ3) is 3.96. The normalized spacial score (nSPS) is 19.2. The van der Waals surface area contributed by atoms with Crippen molar-refractivity contribution in [3.8, 4) is 11.1 Å². The molecular weight excluding hydrogens is 438 g/mol. The molecule has 2 heterocycles. The number of hydrogen-bond acceptors (Lipinski definition) is 3. The molecule has 1 aliphatic carbocycles. The SMILES string of the molecule is CN1CCC(NC(=O)C2CCc3c([nH]c4c(C(N)=O)ccc(-c5c(F)cccc5F)c34)C2)CC1. The molecule has 0 spiro atoms. The van der Waals surface area contributed by atoms with Crippen LogP contribution in [0.1, 0.15) is 40.9 Å². The zero-order valence-corrected chi connectivity index (χ0v) is 19.1. The van der Waals surface area contributed by atoms with Crippen LogP contribution in [0.2, 0.25) is 0 Å². The minimum Gasteiger partial charge on any atom is -0.366 e. The Morgan fingerprint density at radius 2 is 1.79 bits per heavy atom. The minimum absolute atomic E-state index is 0.0364. The standard InChI is InChI=1S/C26H28F2N4O2/c1-32-11-9-15(10-12-32)30-26(34)14-5-6-16-21(13-14)31-24-18(25(29)33)8-7-17(22(16)24)23-19(27)3-2-4-20(23)28/h2-4,7-8,14-15,31H,5-6,9-13H2,1H3,(H2,29,33)(H,30,34). The van der Waals surface area contributed by atoms with E-state index in [9.17, 15) is 18.4 Å². The highest BCUT2D eigenvalue weighted by atomic mass is 19.1. The third-order valence-electron chi connectivity index (χ3n) is 7.27. The predicted octanol–water partition coefficient (Wildman–Crippen LogP) is 3.53. The maximum absolute atomic E-state index is 14.7. The lowest BCUT2D eigenvalue weighted by Gasteiger charge is -2.31. The summed E-state index contributed by atoms with van der Waals surface area (Å²) in [6, 6.07) is 6.99. The van der Waals surface area contributed by atoms with Crippen LogP contribution in [0.3, 0.4) is 0 Å². The van der Waals surface area contributed by atoms with Gasteiger partial charge in [0.2, 0.25) is 5.91 Å². The van der Waals surface area contributed by atoms with Gasteiger partial charge in [-0.15, -0.1) is 0 Å². The molecule has 3 aromatic rings. The quantitative estimate of drug-likeness (QED) is 0.549. The molecule has 1 unspecified atom stereocenters. The van der Waals surface area contributed by atoms with Crippen LogP contribution in [0, 0.1) is 17.6 Å². The number of amides is 2. The van der Waals surface area contributed by atoms with Crippen molar-refractivity contribution in [1.82, 2.24) is 15.2 Å². The molecule has 1 aliphatic heterocycles. The molecule has 1 aromatic heterocycles. The molecule has 1 saturated heterocycles. The summed E-state index contributed by atoms with van der Waals surface area (Å²) >= 11 is 0. The smallest absolute Gasteiger partial charge is 0.250 e. The van der Waals surface area contributed by atoms with Gasteiger partial charge < -0.3 is 20.9 Å². The largest absolute Gasteiger partial charge is 0.366 e. The van der Waals surface area contributed by atoms with Gasteiger partial charge in [-0.3, -0.25) is 9.59 Å². The summed E-state index contributed by atoms with van der Waals surface area (Å²) in [5.74, 6) is -2.13. The Morgan fingerprint density at radius 1 is 1.09 bits per heavy atom. The number of nitrogens with zero attached hydrogens (tertiary/aromatic N) is 1. The van der Waals surface area contributed by atoms with E-state index >= 15 is 0 Å². The highest BCUT2D eigenvalue weighted by molar-refractivity contribution is 6.11. The van der Waals surface area contributed by atoms with Crippen molar-refractivity contribution in [1.29, 1.82) is 0 Å². The Kier molecular flexibility index (Phi) is 5.85. The van der Waals surface area contributed by atoms with E-state index < -0.39 is 17.5 Å². The maximum Gasteiger partial charge on any atom is 0.250 e. The van der Waals surface area contributed by atoms with Gasteiger partial charge in [-0.25, -0.2) is 8.78 Å². The number of nitrogens with one attached hydrogen (secondary N) is 2. The van der Waals surface area contributed by atoms with Gasteiger partial charge in [0.05, 0.1) is 16.6 Å². The Bertz CT molecular complexity index is 1260. The fourth-order valence-corrected chi connectivity index (χ4v) is 5.40. The lowest BCUT2D eigenvalue weighted by molar-refractivity contribution is -0.126. The van der Waals surface area contributed by atoms with Crippen LogP contribution < -0.4 is 11.1 Å². The van der Waals surface area contributed by atoms with Crippen molar-refractivity contribution in [3.63, 3.8) is 0 Å². The van der Waals surface area contributed by atoms with E-state index in [0.29, 0.717) is 35.7 Å². The topological polar surface area (TPSA) is 91.2 Å². The van der Waals surface area contributed by atoms with E-state index in [4.69, 9.17) is 5.73 Å². The number of benzene rings is 2. The van der Waals surface area contributed by atoms with Gasteiger partial charge in [-0.1, -0.05) is 12.1 Å². The fourth-order valence-electron chi connectivity index (χ4n) is 5.40. The van der Waals surface area contributed by atoms with E-state index in [1.807, 2.05) is 0 Å². The van der Waals surface area contributed by atoms with Crippen LogP contribution in [-0.2, 0) is 17.6 Å². The average molecular weight is 467 g/mol. The molecule has 0 saturated carbocycles. The maximum atomic E-state index is 14.7. The van der Waals surface area contributed by atoms with E-state index in [1.165, 1.54) is 24.3 Å². The predicted molar refractivity (Wildman–Crippen MR) is 126 cm³/mol. The summed E-state index contributed by atoms with van der Waals surface area (Å²) in [6.07, 6.45) is 3.53. The number of piperidine rings is 1. The second-order valence-electron chi connectivity index (χ2n) is 9.48. The van der Waals surface area contributed by atoms with Gasteiger partial charge in [0.25, 0.3) is 5.91 Å². The lowest BCUT2D eigenvalue weighted by Crippen LogP contribution is -2.46. The average Bonchev–Trinajstić information content (AvgIpc) is 3.19. The van der Waals surface area contributed by atoms with Crippen LogP contribution >= 0.6 is 0 Å². The first-order valence-corrected chi connectivity index (χ1v) is 11.7. The number of likely N-dealkylation sites (tertiary alicyclic amines) is 1. The monoisotopic (exact) mass is 466 g/mol. The first kappa shape index (κ1) is 22.5. The number of fused-ring (bicyclic) bond motifs is 3. The molecule has 2 aliphatic rings. The number of primary amides is 1. The van der Waals surface area contributed by atoms with Crippen LogP contribution in [0.5, 0.6) is 0 Å². The number of aromatic nitrogens is 1. The summed E-state index contributed by atoms with van der Waals surface area (Å²) in [5.41, 5.74) is 8.28. The van der Waals surface area contributed by atoms with Crippen molar-refractivity contribution in [2.45, 2.75) is 38.1 Å². The van der Waals surface area contributed by atoms with E-state index in [-0.39, 0.29) is 29.0 Å². The summed E-state index contributed by atoms with van der Waals surface area (Å²) in [6.45, 7) is 1.93. The van der Waals surface area contributed by atoms with Gasteiger partial charge in [-0.2, -0.15) is 0 Å². The van der Waals surface area contributed by atoms with Gasteiger partial charge in [0.15, 0.2) is 0 Å². The van der Waals surface area contributed by atoms with E-state index in [0.717, 1.165) is 37.2 Å². The summed E-state index contributed by atoms with van der Waals surface area (Å²) in [4.78, 5) is 30.7. The number of nitrogens with two attached hydrogens (primary N) is 1. The summed E-state index contributed by atoms with van der Waals surface area (Å²) in [7, 11) is 2.08. The van der Waals surface area contributed by atoms with Crippen molar-refractivity contribution < 1.29 is 18.4 Å². The number of halogens is 2. The van der Waals surface area contributed by atoms with Gasteiger partial charge in [-0.05, 0) is 81.6 Å². The van der Waals surface area contributed by atoms with Crippen molar-refractivity contribution in [3.05, 3.63) is 58.8 Å². The second kappa shape index (κ2) is 8.83. The summed E-state index contributed by atoms with van der Waals surface area (Å²) in [5, 5.41) is 3.80. The Balaban J connectivity index is 1.51. The molecule has 0 radical (unpaired) electrons. The van der Waals surface area contributed by atoms with Crippen LogP contribution in [0.15, 0.2) is 30.3 Å². The molecule has 1 atom stereocenters. The van der Waals surface area contributed by atoms with Crippen LogP contribution in [0.4, 0.5) is 8.78 Å². The lowest BCUT2D eigenvalue weighted by atomic mass is 9.84. The number of rotatable bonds is 4. The highest BCUT2D eigenvalue weighted by Gasteiger charge is 2.31. The number of aromatic amines is 1. The Hall–Kier alpha value is -3.26. The van der Waals surface area contributed by atoms with Gasteiger partial charge >= 0.3 is 0 Å². The van der Waals surface area contributed by atoms with E-state index in [2.05, 4.69) is 22.2 Å². The molecule has 5 rings (SSSR count). The van der Waals surface area contributed by atoms with Crippen molar-refractivity contribution >= 4 is 22.7 Å². The molecular formula is C26H28F2N4O2. The number of carbonyl (C=O) groups is 2. The number of hydrogen-bond donors (Lipinski definition) is 3. The molecule has 178 valence electrons. The van der Waals surface area contributed by atoms with Crippen molar-refractivity contribution in [2.24, 2.45) is 11.7 Å². The Morgan fingerprint density at radius 3 is 2.47 bits per heavy atom. The number of aryl methyl sites for hydroxylation is 1. The molecule has 34 heavy (non-hydrogen) atoms. The fraction of sp³-hybridized carbons (Fsp3) is 0.385. The molecule has 8 heteroatoms. The Labute approximate surface area is 196 Å². The minimum atomic E-state index is -0.672. The van der Waals surface area contributed by atoms with Crippen LogP contribution in [-0.4, -0.2) is 47.9 Å². The van der Waals surface area contributed by atoms with Crippen LogP contribution in [0.25, 0.3) is 22.0 Å². The second-order valence-corrected chi connectivity index (χ2v) is 9.48. The first-order chi connectivity index (χ1) is 16.3. The molecule has 0 bridgehead atoms. The first-order valence-electron chi connectivity index (χ1n) is 11.7. The summed E-state index contributed by atoms with van der Waals surface area (Å²) < 4.78 is 29.4. The molecule has 2 aromatic carbocycles. The van der Waals surface area contributed by atoms with Crippen molar-refractivity contribution in [2.75, 3.05) is 20.1 Å². The third-order valence-corrected chi connectivity index (χ3v) is 7.27. The molecule has 4 N–H and O–H groups in total. The molecule has 2 amide bonds. The van der Waals surface area contributed by atoms with E-state index in [1.54, 1.807) is 6.07 Å². The molecule has 6 nitrogen and oxygen atoms in total. The zero-order chi connectivity index (χ0) is 24.0.